The van der Waals surface area contributed by atoms with Gasteiger partial charge in [0.05, 0.1) is 28.2 Å². The molecule has 5 nitrogen and oxygen atoms in total. The van der Waals surface area contributed by atoms with Crippen molar-refractivity contribution in [2.75, 3.05) is 4.31 Å². The van der Waals surface area contributed by atoms with Crippen molar-refractivity contribution in [1.29, 1.82) is 0 Å². The third kappa shape index (κ3) is 4.65. The van der Waals surface area contributed by atoms with Crippen molar-refractivity contribution in [3.63, 3.8) is 0 Å². The zero-order chi connectivity index (χ0) is 20.1. The maximum Gasteiger partial charge on any atom is 0.335 e. The minimum Gasteiger partial charge on any atom is -0.755 e. The molecule has 0 radical (unpaired) electrons. The van der Waals surface area contributed by atoms with Gasteiger partial charge in [-0.25, -0.2) is 4.79 Å². The number of carbonyl (C=O) groups is 1. The second-order valence-electron chi connectivity index (χ2n) is 6.48. The highest BCUT2D eigenvalue weighted by molar-refractivity contribution is 7.81. The predicted molar refractivity (Wildman–Crippen MR) is 109 cm³/mol. The summed E-state index contributed by atoms with van der Waals surface area (Å²) >= 11 is -2.48. The van der Waals surface area contributed by atoms with Crippen LogP contribution in [0.2, 0.25) is 0 Å². The zero-order valence-corrected chi connectivity index (χ0v) is 16.2. The lowest BCUT2D eigenvalue weighted by molar-refractivity contribution is 0.0696. The van der Waals surface area contributed by atoms with Crippen LogP contribution < -0.4 is 4.31 Å². The Hall–Kier alpha value is -2.96. The number of para-hydroxylation sites is 1. The first-order valence-corrected chi connectivity index (χ1v) is 9.85. The first kappa shape index (κ1) is 19.8. The fourth-order valence-electron chi connectivity index (χ4n) is 3.12. The molecule has 0 aromatic heterocycles. The highest BCUT2D eigenvalue weighted by Gasteiger charge is 2.14. The molecule has 1 unspecified atom stereocenters. The predicted octanol–water partition coefficient (Wildman–Crippen LogP) is 4.41. The van der Waals surface area contributed by atoms with Crippen molar-refractivity contribution in [3.8, 4) is 0 Å². The van der Waals surface area contributed by atoms with Crippen LogP contribution >= 0.6 is 0 Å². The summed E-state index contributed by atoms with van der Waals surface area (Å²) in [4.78, 5) is 11.2. The molecule has 0 aliphatic heterocycles. The Kier molecular flexibility index (Phi) is 6.23. The molecule has 0 aliphatic carbocycles. The number of aromatic carboxylic acids is 1. The minimum atomic E-state index is -2.48. The molecule has 0 heterocycles. The molecule has 3 aromatic rings. The van der Waals surface area contributed by atoms with Crippen molar-refractivity contribution in [2.45, 2.75) is 19.8 Å². The van der Waals surface area contributed by atoms with Gasteiger partial charge in [-0.2, -0.15) is 0 Å². The average Bonchev–Trinajstić information content (AvgIpc) is 2.67. The van der Waals surface area contributed by atoms with Crippen molar-refractivity contribution in [3.05, 3.63) is 95.1 Å². The van der Waals surface area contributed by atoms with Crippen LogP contribution in [0.3, 0.4) is 0 Å². The maximum atomic E-state index is 12.0. The van der Waals surface area contributed by atoms with Crippen LogP contribution in [0.25, 0.3) is 0 Å². The molecule has 0 bridgehead atoms. The molecule has 0 spiro atoms. The lowest BCUT2D eigenvalue weighted by Gasteiger charge is -2.29. The molecule has 144 valence electrons. The van der Waals surface area contributed by atoms with Gasteiger partial charge >= 0.3 is 5.97 Å². The fourth-order valence-corrected chi connectivity index (χ4v) is 3.74. The Balaban J connectivity index is 1.91. The smallest absolute Gasteiger partial charge is 0.335 e. The van der Waals surface area contributed by atoms with Crippen LogP contribution in [0.5, 0.6) is 0 Å². The summed E-state index contributed by atoms with van der Waals surface area (Å²) in [5.74, 6) is -0.963. The summed E-state index contributed by atoms with van der Waals surface area (Å²) in [5, 5.41) is 9.15. The topological polar surface area (TPSA) is 80.7 Å². The van der Waals surface area contributed by atoms with Crippen molar-refractivity contribution in [1.82, 2.24) is 0 Å². The van der Waals surface area contributed by atoms with Gasteiger partial charge in [-0.3, -0.25) is 8.51 Å². The molecule has 0 saturated heterocycles. The van der Waals surface area contributed by atoms with Crippen LogP contribution in [0.1, 0.15) is 27.0 Å². The molecule has 28 heavy (non-hydrogen) atoms. The molecule has 1 atom stereocenters. The highest BCUT2D eigenvalue weighted by atomic mass is 32.2. The molecule has 0 aliphatic rings. The third-order valence-electron chi connectivity index (χ3n) is 4.45. The van der Waals surface area contributed by atoms with Crippen LogP contribution in [0.4, 0.5) is 11.4 Å². The van der Waals surface area contributed by atoms with E-state index >= 15 is 0 Å². The SMILES string of the molecule is Cc1cccc(N(c2ccccc2CCc2cccc(C(=O)O)c2)S(=O)[O-])c1. The quantitative estimate of drug-likeness (QED) is 0.602. The van der Waals surface area contributed by atoms with Gasteiger partial charge in [0, 0.05) is 0 Å². The summed E-state index contributed by atoms with van der Waals surface area (Å²) in [5.41, 5.74) is 4.14. The van der Waals surface area contributed by atoms with E-state index in [9.17, 15) is 13.6 Å². The first-order valence-electron chi connectivity index (χ1n) is 8.82. The van der Waals surface area contributed by atoms with Crippen molar-refractivity contribution in [2.24, 2.45) is 0 Å². The molecular formula is C22H20NO4S-. The van der Waals surface area contributed by atoms with E-state index in [2.05, 4.69) is 0 Å². The van der Waals surface area contributed by atoms with Crippen LogP contribution in [-0.2, 0) is 24.1 Å². The molecule has 0 saturated carbocycles. The van der Waals surface area contributed by atoms with Gasteiger partial charge in [0.2, 0.25) is 0 Å². The number of aryl methyl sites for hydroxylation is 3. The Bertz CT molecular complexity index is 1020. The average molecular weight is 394 g/mol. The molecule has 0 fully saturated rings. The largest absolute Gasteiger partial charge is 0.755 e. The number of benzene rings is 3. The van der Waals surface area contributed by atoms with Gasteiger partial charge in [0.1, 0.15) is 0 Å². The van der Waals surface area contributed by atoms with E-state index in [1.54, 1.807) is 36.4 Å². The molecular weight excluding hydrogens is 374 g/mol. The second kappa shape index (κ2) is 8.82. The maximum absolute atomic E-state index is 12.0. The third-order valence-corrected chi connectivity index (χ3v) is 5.16. The van der Waals surface area contributed by atoms with Gasteiger partial charge in [-0.1, -0.05) is 42.5 Å². The number of anilines is 2. The minimum absolute atomic E-state index is 0.243. The Morgan fingerprint density at radius 1 is 1.00 bits per heavy atom. The van der Waals surface area contributed by atoms with Crippen LogP contribution in [-0.4, -0.2) is 19.8 Å². The van der Waals surface area contributed by atoms with Gasteiger partial charge in [-0.05, 0) is 66.8 Å². The van der Waals surface area contributed by atoms with Crippen LogP contribution in [0.15, 0.2) is 72.8 Å². The lowest BCUT2D eigenvalue weighted by atomic mass is 10.0. The van der Waals surface area contributed by atoms with E-state index in [-0.39, 0.29) is 5.56 Å². The summed E-state index contributed by atoms with van der Waals surface area (Å²) in [6.07, 6.45) is 1.18. The van der Waals surface area contributed by atoms with E-state index in [1.165, 1.54) is 4.31 Å². The Morgan fingerprint density at radius 2 is 1.75 bits per heavy atom. The van der Waals surface area contributed by atoms with Crippen LogP contribution in [0, 0.1) is 6.92 Å². The number of hydrogen-bond donors (Lipinski definition) is 1. The number of rotatable bonds is 7. The van der Waals surface area contributed by atoms with E-state index in [0.29, 0.717) is 24.2 Å². The van der Waals surface area contributed by atoms with Crippen molar-refractivity contribution < 1.29 is 18.7 Å². The lowest BCUT2D eigenvalue weighted by Crippen LogP contribution is -2.21. The van der Waals surface area contributed by atoms with Gasteiger partial charge < -0.3 is 9.66 Å². The number of carboxylic acids is 1. The van der Waals surface area contributed by atoms with Gasteiger partial charge in [0.25, 0.3) is 0 Å². The summed E-state index contributed by atoms with van der Waals surface area (Å²) in [6.45, 7) is 1.91. The van der Waals surface area contributed by atoms with Crippen molar-refractivity contribution >= 4 is 28.6 Å². The first-order chi connectivity index (χ1) is 13.5. The summed E-state index contributed by atoms with van der Waals surface area (Å²) < 4.78 is 25.3. The molecule has 6 heteroatoms. The monoisotopic (exact) mass is 394 g/mol. The molecule has 0 amide bonds. The molecule has 3 aromatic carbocycles. The molecule has 3 rings (SSSR count). The molecule has 1 N–H and O–H groups in total. The van der Waals surface area contributed by atoms with E-state index in [0.717, 1.165) is 16.7 Å². The van der Waals surface area contributed by atoms with E-state index < -0.39 is 17.2 Å². The summed E-state index contributed by atoms with van der Waals surface area (Å²) in [6, 6.07) is 21.5. The van der Waals surface area contributed by atoms with E-state index in [4.69, 9.17) is 5.11 Å². The number of hydrogen-bond acceptors (Lipinski definition) is 3. The second-order valence-corrected chi connectivity index (χ2v) is 7.28. The van der Waals surface area contributed by atoms with Gasteiger partial charge in [0.15, 0.2) is 0 Å². The Morgan fingerprint density at radius 3 is 2.46 bits per heavy atom. The zero-order valence-electron chi connectivity index (χ0n) is 15.4. The number of carboxylic acid groups (broad SMARTS) is 1. The highest BCUT2D eigenvalue weighted by Crippen LogP contribution is 2.31. The standard InChI is InChI=1S/C22H21NO4S/c1-16-6-4-10-20(14-16)23(28(26)27)21-11-3-2-8-18(21)13-12-17-7-5-9-19(15-17)22(24)25/h2-11,14-15H,12-13H2,1H3,(H,24,25)(H,26,27)/p-1. The Labute approximate surface area is 166 Å². The normalized spacial score (nSPS) is 11.8. The van der Waals surface area contributed by atoms with Gasteiger partial charge in [-0.15, -0.1) is 0 Å². The number of nitrogens with zero attached hydrogens (tertiary/aromatic N) is 1. The fraction of sp³-hybridized carbons (Fsp3) is 0.136. The van der Waals surface area contributed by atoms with E-state index in [1.807, 2.05) is 43.3 Å². The summed E-state index contributed by atoms with van der Waals surface area (Å²) in [7, 11) is 0.